The van der Waals surface area contributed by atoms with Crippen molar-refractivity contribution in [2.45, 2.75) is 19.1 Å². The van der Waals surface area contributed by atoms with E-state index in [0.717, 1.165) is 34.8 Å². The van der Waals surface area contributed by atoms with Crippen LogP contribution in [0.2, 0.25) is 0 Å². The smallest absolute Gasteiger partial charge is 0.309 e. The van der Waals surface area contributed by atoms with Crippen molar-refractivity contribution in [3.05, 3.63) is 27.7 Å². The highest BCUT2D eigenvalue weighted by Gasteiger charge is 2.18. The van der Waals surface area contributed by atoms with Crippen LogP contribution in [-0.4, -0.2) is 25.4 Å². The predicted molar refractivity (Wildman–Crippen MR) is 80.7 cm³/mol. The normalized spacial score (nSPS) is 14.7. The molecule has 0 saturated carbocycles. The Morgan fingerprint density at radius 1 is 1.58 bits per heavy atom. The molecular formula is C14H17BrO3S. The highest BCUT2D eigenvalue weighted by Crippen LogP contribution is 2.35. The van der Waals surface area contributed by atoms with E-state index in [9.17, 15) is 4.79 Å². The summed E-state index contributed by atoms with van der Waals surface area (Å²) in [4.78, 5) is 11.3. The number of esters is 1. The first-order chi connectivity index (χ1) is 9.11. The average Bonchev–Trinajstić information content (AvgIpc) is 2.85. The molecule has 3 nitrogen and oxygen atoms in total. The van der Waals surface area contributed by atoms with Crippen LogP contribution >= 0.6 is 27.7 Å². The van der Waals surface area contributed by atoms with Crippen LogP contribution in [0.25, 0.3) is 0 Å². The molecule has 1 aliphatic rings. The molecule has 1 aromatic carbocycles. The van der Waals surface area contributed by atoms with E-state index in [1.54, 1.807) is 11.8 Å². The molecule has 0 amide bonds. The maximum atomic E-state index is 11.3. The van der Waals surface area contributed by atoms with Gasteiger partial charge in [-0.1, -0.05) is 22.9 Å². The number of fused-ring (bicyclic) bond motifs is 1. The molecule has 0 saturated heterocycles. The Morgan fingerprint density at radius 3 is 3.11 bits per heavy atom. The number of methoxy groups -OCH3 is 1. The highest BCUT2D eigenvalue weighted by atomic mass is 79.9. The van der Waals surface area contributed by atoms with Crippen LogP contribution in [-0.2, 0) is 21.7 Å². The van der Waals surface area contributed by atoms with Gasteiger partial charge in [-0.15, -0.1) is 0 Å². The molecule has 2 rings (SSSR count). The third kappa shape index (κ3) is 3.66. The van der Waals surface area contributed by atoms with Crippen LogP contribution < -0.4 is 4.74 Å². The van der Waals surface area contributed by atoms with Crippen molar-refractivity contribution in [1.82, 2.24) is 0 Å². The largest absolute Gasteiger partial charge is 0.493 e. The van der Waals surface area contributed by atoms with Crippen LogP contribution in [0.4, 0.5) is 0 Å². The second kappa shape index (κ2) is 6.66. The summed E-state index contributed by atoms with van der Waals surface area (Å²) in [5.74, 6) is 2.41. The molecule has 0 spiro atoms. The van der Waals surface area contributed by atoms with Gasteiger partial charge in [0.2, 0.25) is 0 Å². The standard InChI is InChI=1S/C14H17BrO3S/c1-9(14(16)17-2)7-19-8-11-6-12(15)5-10-3-4-18-13(10)11/h5-6,9H,3-4,7-8H2,1-2H3. The second-order valence-electron chi connectivity index (χ2n) is 4.59. The number of thioether (sulfide) groups is 1. The van der Waals surface area contributed by atoms with Crippen molar-refractivity contribution in [3.8, 4) is 5.75 Å². The second-order valence-corrected chi connectivity index (χ2v) is 6.54. The monoisotopic (exact) mass is 344 g/mol. The Balaban J connectivity index is 1.95. The quantitative estimate of drug-likeness (QED) is 0.766. The minimum atomic E-state index is -0.150. The number of benzene rings is 1. The third-order valence-electron chi connectivity index (χ3n) is 3.05. The van der Waals surface area contributed by atoms with Crippen molar-refractivity contribution in [2.75, 3.05) is 19.5 Å². The van der Waals surface area contributed by atoms with Gasteiger partial charge >= 0.3 is 5.97 Å². The van der Waals surface area contributed by atoms with Crippen LogP contribution in [0.5, 0.6) is 5.75 Å². The molecule has 0 N–H and O–H groups in total. The van der Waals surface area contributed by atoms with E-state index in [-0.39, 0.29) is 11.9 Å². The molecule has 0 fully saturated rings. The van der Waals surface area contributed by atoms with Gasteiger partial charge in [0.15, 0.2) is 0 Å². The van der Waals surface area contributed by atoms with E-state index < -0.39 is 0 Å². The first-order valence-electron chi connectivity index (χ1n) is 6.21. The molecule has 1 heterocycles. The number of carbonyl (C=O) groups excluding carboxylic acids is 1. The van der Waals surface area contributed by atoms with Gasteiger partial charge in [0.05, 0.1) is 19.6 Å². The minimum Gasteiger partial charge on any atom is -0.493 e. The van der Waals surface area contributed by atoms with Gasteiger partial charge in [-0.2, -0.15) is 11.8 Å². The summed E-state index contributed by atoms with van der Waals surface area (Å²) in [6.45, 7) is 2.66. The van der Waals surface area contributed by atoms with Gasteiger partial charge in [0.1, 0.15) is 5.75 Å². The molecule has 1 aliphatic heterocycles. The zero-order valence-corrected chi connectivity index (χ0v) is 13.5. The summed E-state index contributed by atoms with van der Waals surface area (Å²) in [6.07, 6.45) is 0.977. The van der Waals surface area contributed by atoms with Crippen molar-refractivity contribution in [3.63, 3.8) is 0 Å². The van der Waals surface area contributed by atoms with Gasteiger partial charge in [0, 0.05) is 28.0 Å². The molecule has 1 unspecified atom stereocenters. The summed E-state index contributed by atoms with van der Waals surface area (Å²) in [7, 11) is 1.43. The zero-order valence-electron chi connectivity index (χ0n) is 11.1. The molecular weight excluding hydrogens is 328 g/mol. The van der Waals surface area contributed by atoms with Crippen molar-refractivity contribution in [2.24, 2.45) is 5.92 Å². The molecule has 104 valence electrons. The van der Waals surface area contributed by atoms with Crippen molar-refractivity contribution >= 4 is 33.7 Å². The van der Waals surface area contributed by atoms with Crippen molar-refractivity contribution < 1.29 is 14.3 Å². The first kappa shape index (κ1) is 14.7. The lowest BCUT2D eigenvalue weighted by molar-refractivity contribution is -0.143. The molecule has 5 heteroatoms. The summed E-state index contributed by atoms with van der Waals surface area (Å²) >= 11 is 5.26. The van der Waals surface area contributed by atoms with Gasteiger partial charge in [0.25, 0.3) is 0 Å². The molecule has 0 aliphatic carbocycles. The Labute approximate surface area is 126 Å². The number of ether oxygens (including phenoxy) is 2. The Kier molecular flexibility index (Phi) is 5.16. The Morgan fingerprint density at radius 2 is 2.37 bits per heavy atom. The fourth-order valence-electron chi connectivity index (χ4n) is 2.07. The molecule has 0 aromatic heterocycles. The third-order valence-corrected chi connectivity index (χ3v) is 4.76. The number of halogens is 1. The van der Waals surface area contributed by atoms with Gasteiger partial charge in [-0.05, 0) is 17.7 Å². The maximum absolute atomic E-state index is 11.3. The Bertz CT molecular complexity index is 476. The van der Waals surface area contributed by atoms with E-state index in [1.165, 1.54) is 18.2 Å². The molecule has 19 heavy (non-hydrogen) atoms. The Hall–Kier alpha value is -0.680. The lowest BCUT2D eigenvalue weighted by Gasteiger charge is -2.11. The fraction of sp³-hybridized carbons (Fsp3) is 0.500. The molecule has 1 aromatic rings. The van der Waals surface area contributed by atoms with E-state index in [1.807, 2.05) is 6.92 Å². The number of hydrogen-bond donors (Lipinski definition) is 0. The van der Waals surface area contributed by atoms with Gasteiger partial charge in [-0.3, -0.25) is 4.79 Å². The van der Waals surface area contributed by atoms with Crippen molar-refractivity contribution in [1.29, 1.82) is 0 Å². The molecule has 0 bridgehead atoms. The topological polar surface area (TPSA) is 35.5 Å². The number of carbonyl (C=O) groups is 1. The van der Waals surface area contributed by atoms with Crippen LogP contribution in [0.3, 0.4) is 0 Å². The molecule has 1 atom stereocenters. The highest BCUT2D eigenvalue weighted by molar-refractivity contribution is 9.10. The predicted octanol–water partition coefficient (Wildman–Crippen LogP) is 3.43. The number of rotatable bonds is 5. The average molecular weight is 345 g/mol. The maximum Gasteiger partial charge on any atom is 0.309 e. The van der Waals surface area contributed by atoms with Crippen LogP contribution in [0.1, 0.15) is 18.1 Å². The van der Waals surface area contributed by atoms with E-state index in [4.69, 9.17) is 9.47 Å². The number of hydrogen-bond acceptors (Lipinski definition) is 4. The summed E-state index contributed by atoms with van der Waals surface area (Å²) in [6, 6.07) is 4.22. The zero-order chi connectivity index (χ0) is 13.8. The van der Waals surface area contributed by atoms with Gasteiger partial charge < -0.3 is 9.47 Å². The summed E-state index contributed by atoms with van der Waals surface area (Å²) in [5, 5.41) is 0. The van der Waals surface area contributed by atoms with E-state index in [0.29, 0.717) is 0 Å². The van der Waals surface area contributed by atoms with E-state index in [2.05, 4.69) is 28.1 Å². The van der Waals surface area contributed by atoms with Gasteiger partial charge in [-0.25, -0.2) is 0 Å². The fourth-order valence-corrected chi connectivity index (χ4v) is 3.66. The first-order valence-corrected chi connectivity index (χ1v) is 8.16. The van der Waals surface area contributed by atoms with Crippen LogP contribution in [0.15, 0.2) is 16.6 Å². The summed E-state index contributed by atoms with van der Waals surface area (Å²) < 4.78 is 11.5. The van der Waals surface area contributed by atoms with E-state index >= 15 is 0 Å². The lowest BCUT2D eigenvalue weighted by atomic mass is 10.1. The SMILES string of the molecule is COC(=O)C(C)CSCc1cc(Br)cc2c1OCC2. The lowest BCUT2D eigenvalue weighted by Crippen LogP contribution is -2.14. The minimum absolute atomic E-state index is 0.0730. The molecule has 0 radical (unpaired) electrons. The van der Waals surface area contributed by atoms with Crippen LogP contribution in [0, 0.1) is 5.92 Å². The summed E-state index contributed by atoms with van der Waals surface area (Å²) in [5.41, 5.74) is 2.47.